The number of hydrogen-bond acceptors (Lipinski definition) is 6. The quantitative estimate of drug-likeness (QED) is 0.317. The molecule has 174 valence electrons. The second-order valence-electron chi connectivity index (χ2n) is 7.89. The molecule has 2 unspecified atom stereocenters. The molecule has 1 aliphatic rings. The minimum atomic E-state index is -3.88. The monoisotopic (exact) mass is 477 g/mol. The zero-order valence-electron chi connectivity index (χ0n) is 18.2. The third-order valence-corrected chi connectivity index (χ3v) is 6.50. The number of hydrogen-bond donors (Lipinski definition) is 4. The van der Waals surface area contributed by atoms with Crippen molar-refractivity contribution in [3.63, 3.8) is 0 Å². The molecule has 6 N–H and O–H groups in total. The molecule has 3 aromatic carbocycles. The molecule has 4 rings (SSSR count). The van der Waals surface area contributed by atoms with E-state index in [4.69, 9.17) is 21.1 Å². The van der Waals surface area contributed by atoms with E-state index in [1.807, 2.05) is 13.0 Å². The minimum Gasteiger partial charge on any atom is -0.384 e. The molecule has 0 radical (unpaired) electrons. The Hall–Kier alpha value is -4.02. The number of rotatable bonds is 6. The van der Waals surface area contributed by atoms with Crippen LogP contribution in [0.25, 0.3) is 11.1 Å². The Kier molecular flexibility index (Phi) is 6.18. The lowest BCUT2D eigenvalue weighted by molar-refractivity contribution is -0.127. The molecular formula is C24H23N5O4S. The van der Waals surface area contributed by atoms with Gasteiger partial charge in [0.15, 0.2) is 0 Å². The summed E-state index contributed by atoms with van der Waals surface area (Å²) in [5.41, 5.74) is 9.09. The summed E-state index contributed by atoms with van der Waals surface area (Å²) in [5.74, 6) is -0.756. The number of primary sulfonamides is 1. The largest absolute Gasteiger partial charge is 0.384 e. The fourth-order valence-electron chi connectivity index (χ4n) is 3.77. The number of benzene rings is 3. The predicted molar refractivity (Wildman–Crippen MR) is 130 cm³/mol. The Morgan fingerprint density at radius 1 is 1.03 bits per heavy atom. The van der Waals surface area contributed by atoms with E-state index in [1.165, 1.54) is 6.07 Å². The van der Waals surface area contributed by atoms with E-state index in [-0.39, 0.29) is 22.6 Å². The summed E-state index contributed by atoms with van der Waals surface area (Å²) >= 11 is 0. The van der Waals surface area contributed by atoms with Crippen LogP contribution in [0.4, 0.5) is 5.69 Å². The zero-order valence-corrected chi connectivity index (χ0v) is 19.0. The second-order valence-corrected chi connectivity index (χ2v) is 9.42. The van der Waals surface area contributed by atoms with Crippen LogP contribution in [0, 0.1) is 11.3 Å². The lowest BCUT2D eigenvalue weighted by atomic mass is 9.92. The van der Waals surface area contributed by atoms with Crippen molar-refractivity contribution in [1.29, 1.82) is 5.41 Å². The Balaban J connectivity index is 1.47. The number of nitrogens with one attached hydrogen (secondary N) is 2. The summed E-state index contributed by atoms with van der Waals surface area (Å²) in [4.78, 5) is 18.3. The molecule has 0 saturated heterocycles. The predicted octanol–water partition coefficient (Wildman–Crippen LogP) is 2.66. The maximum absolute atomic E-state index is 12.9. The van der Waals surface area contributed by atoms with E-state index in [0.29, 0.717) is 28.1 Å². The number of sulfonamides is 1. The van der Waals surface area contributed by atoms with Crippen molar-refractivity contribution in [1.82, 2.24) is 0 Å². The minimum absolute atomic E-state index is 0.0264. The third kappa shape index (κ3) is 4.68. The average molecular weight is 478 g/mol. The fourth-order valence-corrected chi connectivity index (χ4v) is 4.53. The van der Waals surface area contributed by atoms with Gasteiger partial charge in [-0.25, -0.2) is 13.6 Å². The summed E-state index contributed by atoms with van der Waals surface area (Å²) in [6.07, 6.45) is -0.834. The molecule has 9 nitrogen and oxygen atoms in total. The SMILES string of the molecule is CC1C(c2cccc(C(=N)N)c2)=NOC1C(=O)Nc1ccc(-c2ccccc2S(N)(=O)=O)cc1. The Labute approximate surface area is 197 Å². The molecule has 0 aliphatic carbocycles. The number of nitrogens with zero attached hydrogens (tertiary/aromatic N) is 1. The first-order chi connectivity index (χ1) is 16.1. The zero-order chi connectivity index (χ0) is 24.5. The highest BCUT2D eigenvalue weighted by Gasteiger charge is 2.37. The molecular weight excluding hydrogens is 454 g/mol. The maximum atomic E-state index is 12.9. The van der Waals surface area contributed by atoms with Crippen molar-refractivity contribution in [2.45, 2.75) is 17.9 Å². The highest BCUT2D eigenvalue weighted by Crippen LogP contribution is 2.28. The van der Waals surface area contributed by atoms with Crippen molar-refractivity contribution < 1.29 is 18.0 Å². The molecule has 0 aromatic heterocycles. The Bertz CT molecular complexity index is 1400. The van der Waals surface area contributed by atoms with Gasteiger partial charge in [-0.05, 0) is 29.8 Å². The van der Waals surface area contributed by atoms with E-state index >= 15 is 0 Å². The third-order valence-electron chi connectivity index (χ3n) is 5.53. The van der Waals surface area contributed by atoms with Gasteiger partial charge in [0.2, 0.25) is 16.1 Å². The Morgan fingerprint density at radius 2 is 1.74 bits per heavy atom. The molecule has 1 heterocycles. The number of carbonyl (C=O) groups excluding carboxylic acids is 1. The number of nitrogens with two attached hydrogens (primary N) is 2. The van der Waals surface area contributed by atoms with E-state index in [0.717, 1.165) is 5.56 Å². The van der Waals surface area contributed by atoms with Gasteiger partial charge in [0.25, 0.3) is 5.91 Å². The van der Waals surface area contributed by atoms with Gasteiger partial charge in [0.05, 0.1) is 16.5 Å². The summed E-state index contributed by atoms with van der Waals surface area (Å²) in [5, 5.41) is 19.8. The molecule has 2 atom stereocenters. The van der Waals surface area contributed by atoms with Crippen molar-refractivity contribution in [2.75, 3.05) is 5.32 Å². The number of amidine groups is 1. The molecule has 10 heteroatoms. The number of nitrogen functional groups attached to an aromatic ring is 1. The van der Waals surface area contributed by atoms with Crippen molar-refractivity contribution in [2.24, 2.45) is 21.9 Å². The first-order valence-corrected chi connectivity index (χ1v) is 11.9. The number of anilines is 1. The molecule has 0 spiro atoms. The van der Waals surface area contributed by atoms with Crippen LogP contribution in [-0.2, 0) is 19.7 Å². The summed E-state index contributed by atoms with van der Waals surface area (Å²) < 4.78 is 23.8. The molecule has 0 fully saturated rings. The molecule has 0 bridgehead atoms. The average Bonchev–Trinajstić information content (AvgIpc) is 3.20. The first kappa shape index (κ1) is 23.1. The van der Waals surface area contributed by atoms with Gasteiger partial charge in [-0.3, -0.25) is 10.2 Å². The van der Waals surface area contributed by atoms with E-state index in [2.05, 4.69) is 10.5 Å². The normalized spacial score (nSPS) is 17.5. The maximum Gasteiger partial charge on any atom is 0.268 e. The van der Waals surface area contributed by atoms with Crippen LogP contribution in [-0.4, -0.2) is 32.0 Å². The van der Waals surface area contributed by atoms with Crippen LogP contribution < -0.4 is 16.2 Å². The number of amides is 1. The smallest absolute Gasteiger partial charge is 0.268 e. The van der Waals surface area contributed by atoms with Crippen LogP contribution in [0.3, 0.4) is 0 Å². The number of oxime groups is 1. The summed E-state index contributed by atoms with van der Waals surface area (Å²) in [6.45, 7) is 1.84. The van der Waals surface area contributed by atoms with Crippen LogP contribution in [0.2, 0.25) is 0 Å². The van der Waals surface area contributed by atoms with Crippen molar-refractivity contribution in [3.05, 3.63) is 83.9 Å². The molecule has 3 aromatic rings. The molecule has 0 saturated carbocycles. The van der Waals surface area contributed by atoms with Crippen LogP contribution in [0.5, 0.6) is 0 Å². The van der Waals surface area contributed by atoms with E-state index in [9.17, 15) is 13.2 Å². The summed E-state index contributed by atoms with van der Waals surface area (Å²) in [7, 11) is -3.88. The molecule has 1 amide bonds. The standard InChI is InChI=1S/C24H23N5O4S/c1-14-21(16-5-4-6-17(13-16)23(25)26)29-33-22(14)24(30)28-18-11-9-15(10-12-18)19-7-2-3-8-20(19)34(27,31)32/h2-14,22H,1H3,(H3,25,26)(H,28,30)(H2,27,31,32). The van der Waals surface area contributed by atoms with Crippen molar-refractivity contribution in [3.8, 4) is 11.1 Å². The van der Waals surface area contributed by atoms with Crippen LogP contribution in [0.15, 0.2) is 82.8 Å². The fraction of sp³-hybridized carbons (Fsp3) is 0.125. The van der Waals surface area contributed by atoms with E-state index in [1.54, 1.807) is 60.7 Å². The van der Waals surface area contributed by atoms with Crippen molar-refractivity contribution >= 4 is 33.2 Å². The van der Waals surface area contributed by atoms with Crippen LogP contribution in [0.1, 0.15) is 18.1 Å². The highest BCUT2D eigenvalue weighted by molar-refractivity contribution is 7.89. The lowest BCUT2D eigenvalue weighted by Crippen LogP contribution is -2.34. The van der Waals surface area contributed by atoms with Crippen LogP contribution >= 0.6 is 0 Å². The summed E-state index contributed by atoms with van der Waals surface area (Å²) in [6, 6.07) is 20.2. The van der Waals surface area contributed by atoms with Gasteiger partial charge < -0.3 is 15.9 Å². The second kappa shape index (κ2) is 9.08. The highest BCUT2D eigenvalue weighted by atomic mass is 32.2. The lowest BCUT2D eigenvalue weighted by Gasteiger charge is -2.15. The van der Waals surface area contributed by atoms with Gasteiger partial charge in [-0.15, -0.1) is 0 Å². The molecule has 34 heavy (non-hydrogen) atoms. The Morgan fingerprint density at radius 3 is 2.41 bits per heavy atom. The first-order valence-electron chi connectivity index (χ1n) is 10.4. The van der Waals surface area contributed by atoms with E-state index < -0.39 is 16.1 Å². The molecule has 1 aliphatic heterocycles. The van der Waals surface area contributed by atoms with Gasteiger partial charge >= 0.3 is 0 Å². The topological polar surface area (TPSA) is 161 Å². The van der Waals surface area contributed by atoms with Gasteiger partial charge in [0, 0.05) is 22.4 Å². The van der Waals surface area contributed by atoms with Gasteiger partial charge in [-0.2, -0.15) is 0 Å². The van der Waals surface area contributed by atoms with Gasteiger partial charge in [0.1, 0.15) is 5.84 Å². The number of carbonyl (C=O) groups is 1. The van der Waals surface area contributed by atoms with Gasteiger partial charge in [-0.1, -0.05) is 60.6 Å².